The summed E-state index contributed by atoms with van der Waals surface area (Å²) < 4.78 is 19.1. The minimum Gasteiger partial charge on any atom is -0.507 e. The lowest BCUT2D eigenvalue weighted by Gasteiger charge is -2.24. The first-order chi connectivity index (χ1) is 14.5. The van der Waals surface area contributed by atoms with Crippen molar-refractivity contribution in [3.05, 3.63) is 87.6 Å². The van der Waals surface area contributed by atoms with Gasteiger partial charge in [-0.05, 0) is 41.3 Å². The van der Waals surface area contributed by atoms with Crippen LogP contribution in [0.5, 0.6) is 5.75 Å². The highest BCUT2D eigenvalue weighted by Crippen LogP contribution is 2.42. The minimum absolute atomic E-state index is 0.0124. The van der Waals surface area contributed by atoms with Crippen LogP contribution in [0.2, 0.25) is 0 Å². The Morgan fingerprint density at radius 2 is 2.10 bits per heavy atom. The van der Waals surface area contributed by atoms with E-state index in [0.29, 0.717) is 4.88 Å². The van der Waals surface area contributed by atoms with Crippen molar-refractivity contribution < 1.29 is 23.8 Å². The van der Waals surface area contributed by atoms with Gasteiger partial charge < -0.3 is 14.7 Å². The van der Waals surface area contributed by atoms with Crippen LogP contribution in [-0.2, 0) is 16.1 Å². The molecule has 4 rings (SSSR count). The fraction of sp³-hybridized carbons (Fsp3) is 0.136. The molecule has 3 heterocycles. The van der Waals surface area contributed by atoms with Crippen molar-refractivity contribution >= 4 is 28.8 Å². The Labute approximate surface area is 175 Å². The van der Waals surface area contributed by atoms with Gasteiger partial charge in [-0.3, -0.25) is 14.6 Å². The molecule has 1 aliphatic rings. The Morgan fingerprint density at radius 1 is 1.27 bits per heavy atom. The number of hydrogen-bond acceptors (Lipinski definition) is 6. The summed E-state index contributed by atoms with van der Waals surface area (Å²) in [6.07, 6.45) is 3.23. The lowest BCUT2D eigenvalue weighted by molar-refractivity contribution is -0.140. The van der Waals surface area contributed by atoms with E-state index < -0.39 is 29.3 Å². The van der Waals surface area contributed by atoms with E-state index in [1.54, 1.807) is 36.7 Å². The Balaban J connectivity index is 1.83. The zero-order valence-corrected chi connectivity index (χ0v) is 16.7. The van der Waals surface area contributed by atoms with Gasteiger partial charge in [-0.2, -0.15) is 0 Å². The standard InChI is InChI=1S/C22H17FN2O4S/c1-29-16-7-6-14(10-15(16)23)20(26)18-19(17-5-3-9-30-17)25(22(28)21(18)27)12-13-4-2-8-24-11-13/h2-11,19,26H,12H2,1H3/b20-18+/t19-/m1/s1. The van der Waals surface area contributed by atoms with Crippen LogP contribution in [0.15, 0.2) is 65.8 Å². The normalized spacial score (nSPS) is 18.1. The van der Waals surface area contributed by atoms with Gasteiger partial charge in [0.15, 0.2) is 11.6 Å². The third-order valence-corrected chi connectivity index (χ3v) is 5.78. The number of aromatic nitrogens is 1. The molecule has 6 nitrogen and oxygen atoms in total. The Hall–Kier alpha value is -3.52. The molecule has 0 unspecified atom stereocenters. The van der Waals surface area contributed by atoms with E-state index in [4.69, 9.17) is 4.74 Å². The van der Waals surface area contributed by atoms with Crippen LogP contribution in [-0.4, -0.2) is 33.8 Å². The van der Waals surface area contributed by atoms with Gasteiger partial charge in [-0.15, -0.1) is 11.3 Å². The first-order valence-electron chi connectivity index (χ1n) is 9.06. The number of aliphatic hydroxyl groups excluding tert-OH is 1. The maximum Gasteiger partial charge on any atom is 0.295 e. The predicted molar refractivity (Wildman–Crippen MR) is 109 cm³/mol. The van der Waals surface area contributed by atoms with E-state index in [0.717, 1.165) is 11.6 Å². The molecule has 0 aliphatic carbocycles. The van der Waals surface area contributed by atoms with Gasteiger partial charge >= 0.3 is 0 Å². The summed E-state index contributed by atoms with van der Waals surface area (Å²) >= 11 is 1.36. The van der Waals surface area contributed by atoms with Crippen molar-refractivity contribution in [2.24, 2.45) is 0 Å². The average molecular weight is 424 g/mol. The van der Waals surface area contributed by atoms with E-state index in [-0.39, 0.29) is 23.4 Å². The summed E-state index contributed by atoms with van der Waals surface area (Å²) in [5, 5.41) is 12.7. The van der Waals surface area contributed by atoms with Crippen molar-refractivity contribution in [3.8, 4) is 5.75 Å². The number of ketones is 1. The number of amides is 1. The van der Waals surface area contributed by atoms with Crippen LogP contribution in [0.1, 0.15) is 22.0 Å². The van der Waals surface area contributed by atoms with Crippen LogP contribution in [0.25, 0.3) is 5.76 Å². The van der Waals surface area contributed by atoms with Crippen molar-refractivity contribution in [2.75, 3.05) is 7.11 Å². The number of carbonyl (C=O) groups excluding carboxylic acids is 2. The Kier molecular flexibility index (Phi) is 5.33. The first kappa shape index (κ1) is 19.8. The van der Waals surface area contributed by atoms with E-state index in [1.165, 1.54) is 35.5 Å². The molecule has 152 valence electrons. The fourth-order valence-corrected chi connectivity index (χ4v) is 4.29. The second-order valence-electron chi connectivity index (χ2n) is 6.65. The molecule has 1 aliphatic heterocycles. The zero-order valence-electron chi connectivity index (χ0n) is 15.9. The quantitative estimate of drug-likeness (QED) is 0.382. The summed E-state index contributed by atoms with van der Waals surface area (Å²) in [5.74, 6) is -2.64. The summed E-state index contributed by atoms with van der Waals surface area (Å²) in [6, 6.07) is 10.2. The molecule has 30 heavy (non-hydrogen) atoms. The molecular weight excluding hydrogens is 407 g/mol. The zero-order chi connectivity index (χ0) is 21.3. The molecule has 0 bridgehead atoms. The second kappa shape index (κ2) is 8.08. The number of aliphatic hydroxyl groups is 1. The van der Waals surface area contributed by atoms with Gasteiger partial charge in [0, 0.05) is 29.4 Å². The molecule has 1 fully saturated rings. The molecule has 1 aromatic carbocycles. The monoisotopic (exact) mass is 424 g/mol. The summed E-state index contributed by atoms with van der Waals surface area (Å²) in [7, 11) is 1.33. The fourth-order valence-electron chi connectivity index (χ4n) is 3.44. The largest absolute Gasteiger partial charge is 0.507 e. The van der Waals surface area contributed by atoms with Gasteiger partial charge in [-0.1, -0.05) is 12.1 Å². The van der Waals surface area contributed by atoms with Crippen molar-refractivity contribution in [2.45, 2.75) is 12.6 Å². The molecule has 0 saturated carbocycles. The van der Waals surface area contributed by atoms with E-state index in [2.05, 4.69) is 4.98 Å². The van der Waals surface area contributed by atoms with Crippen LogP contribution in [0.4, 0.5) is 4.39 Å². The number of pyridine rings is 1. The molecule has 1 atom stereocenters. The Bertz CT molecular complexity index is 1130. The number of halogens is 1. The first-order valence-corrected chi connectivity index (χ1v) is 9.94. The maximum atomic E-state index is 14.2. The molecule has 3 aromatic rings. The minimum atomic E-state index is -0.814. The predicted octanol–water partition coefficient (Wildman–Crippen LogP) is 3.91. The number of likely N-dealkylation sites (tertiary alicyclic amines) is 1. The van der Waals surface area contributed by atoms with Gasteiger partial charge in [0.05, 0.1) is 18.7 Å². The molecule has 1 saturated heterocycles. The number of nitrogens with zero attached hydrogens (tertiary/aromatic N) is 2. The molecule has 8 heteroatoms. The third kappa shape index (κ3) is 3.46. The SMILES string of the molecule is COc1ccc(/C(O)=C2\C(=O)C(=O)N(Cc3cccnc3)[C@@H]2c2cccs2)cc1F. The second-order valence-corrected chi connectivity index (χ2v) is 7.63. The highest BCUT2D eigenvalue weighted by molar-refractivity contribution is 7.10. The molecular formula is C22H17FN2O4S. The number of hydrogen-bond donors (Lipinski definition) is 1. The lowest BCUT2D eigenvalue weighted by Crippen LogP contribution is -2.28. The number of ether oxygens (including phenoxy) is 1. The molecule has 2 aromatic heterocycles. The Morgan fingerprint density at radius 3 is 2.73 bits per heavy atom. The van der Waals surface area contributed by atoms with Gasteiger partial charge in [0.2, 0.25) is 0 Å². The topological polar surface area (TPSA) is 79.7 Å². The molecule has 0 radical (unpaired) electrons. The maximum absolute atomic E-state index is 14.2. The average Bonchev–Trinajstić information content (AvgIpc) is 3.37. The van der Waals surface area contributed by atoms with E-state index in [1.807, 2.05) is 5.38 Å². The summed E-state index contributed by atoms with van der Waals surface area (Å²) in [5.41, 5.74) is 0.765. The van der Waals surface area contributed by atoms with Crippen molar-refractivity contribution in [3.63, 3.8) is 0 Å². The van der Waals surface area contributed by atoms with Gasteiger partial charge in [-0.25, -0.2) is 4.39 Å². The summed E-state index contributed by atoms with van der Waals surface area (Å²) in [4.78, 5) is 31.9. The number of Topliss-reactive ketones (excluding diaryl/α,β-unsaturated/α-hetero) is 1. The van der Waals surface area contributed by atoms with E-state index in [9.17, 15) is 19.1 Å². The lowest BCUT2D eigenvalue weighted by atomic mass is 9.99. The van der Waals surface area contributed by atoms with Crippen LogP contribution < -0.4 is 4.74 Å². The van der Waals surface area contributed by atoms with Crippen LogP contribution in [0.3, 0.4) is 0 Å². The number of methoxy groups -OCH3 is 1. The van der Waals surface area contributed by atoms with Crippen molar-refractivity contribution in [1.82, 2.24) is 9.88 Å². The number of rotatable bonds is 5. The molecule has 1 N–H and O–H groups in total. The van der Waals surface area contributed by atoms with Crippen LogP contribution >= 0.6 is 11.3 Å². The van der Waals surface area contributed by atoms with Crippen LogP contribution in [0, 0.1) is 5.82 Å². The smallest absolute Gasteiger partial charge is 0.295 e. The molecule has 0 spiro atoms. The summed E-state index contributed by atoms with van der Waals surface area (Å²) in [6.45, 7) is 0.148. The third-order valence-electron chi connectivity index (χ3n) is 4.85. The number of thiophene rings is 1. The molecule has 1 amide bonds. The number of benzene rings is 1. The highest BCUT2D eigenvalue weighted by atomic mass is 32.1. The van der Waals surface area contributed by atoms with Gasteiger partial charge in [0.1, 0.15) is 5.76 Å². The highest BCUT2D eigenvalue weighted by Gasteiger charge is 2.46. The van der Waals surface area contributed by atoms with E-state index >= 15 is 0 Å². The number of carbonyl (C=O) groups is 2. The van der Waals surface area contributed by atoms with Gasteiger partial charge in [0.25, 0.3) is 11.7 Å². The van der Waals surface area contributed by atoms with Crippen molar-refractivity contribution in [1.29, 1.82) is 0 Å².